The number of hydrogen-bond donors (Lipinski definition) is 2. The molecule has 0 saturated carbocycles. The second kappa shape index (κ2) is 7.97. The number of benzene rings is 1. The van der Waals surface area contributed by atoms with Crippen LogP contribution in [0.3, 0.4) is 0 Å². The average Bonchev–Trinajstić information content (AvgIpc) is 2.37. The smallest absolute Gasteiger partial charge is 0.253 e. The number of anilines is 1. The third-order valence-corrected chi connectivity index (χ3v) is 3.25. The van der Waals surface area contributed by atoms with Crippen LogP contribution in [0, 0.1) is 5.92 Å². The summed E-state index contributed by atoms with van der Waals surface area (Å²) < 4.78 is 0. The van der Waals surface area contributed by atoms with Gasteiger partial charge in [-0.05, 0) is 38.8 Å². The van der Waals surface area contributed by atoms with Crippen LogP contribution in [0.25, 0.3) is 0 Å². The molecule has 4 heteroatoms. The van der Waals surface area contributed by atoms with Gasteiger partial charge in [0.2, 0.25) is 5.91 Å². The van der Waals surface area contributed by atoms with Crippen LogP contribution in [0.1, 0.15) is 64.2 Å². The van der Waals surface area contributed by atoms with E-state index < -0.39 is 0 Å². The van der Waals surface area contributed by atoms with Gasteiger partial charge in [0.15, 0.2) is 0 Å². The van der Waals surface area contributed by atoms with Gasteiger partial charge in [0.1, 0.15) is 0 Å². The fourth-order valence-corrected chi connectivity index (χ4v) is 2.31. The van der Waals surface area contributed by atoms with E-state index in [1.165, 1.54) is 0 Å². The molecule has 22 heavy (non-hydrogen) atoms. The second-order valence-electron chi connectivity index (χ2n) is 6.90. The van der Waals surface area contributed by atoms with Crippen LogP contribution in [0.15, 0.2) is 24.3 Å². The number of amides is 2. The topological polar surface area (TPSA) is 58.2 Å². The van der Waals surface area contributed by atoms with E-state index in [0.29, 0.717) is 23.6 Å². The maximum absolute atomic E-state index is 12.3. The molecule has 0 aliphatic heterocycles. The van der Waals surface area contributed by atoms with E-state index in [4.69, 9.17) is 0 Å². The molecule has 1 unspecified atom stereocenters. The van der Waals surface area contributed by atoms with E-state index in [-0.39, 0.29) is 17.4 Å². The summed E-state index contributed by atoms with van der Waals surface area (Å²) in [5.74, 6) is 0.127. The van der Waals surface area contributed by atoms with Crippen molar-refractivity contribution in [3.8, 4) is 0 Å². The zero-order chi connectivity index (χ0) is 16.8. The van der Waals surface area contributed by atoms with Gasteiger partial charge in [-0.1, -0.05) is 38.8 Å². The van der Waals surface area contributed by atoms with Crippen molar-refractivity contribution >= 4 is 17.5 Å². The first-order chi connectivity index (χ1) is 10.2. The molecule has 1 rings (SSSR count). The lowest BCUT2D eigenvalue weighted by molar-refractivity contribution is -0.117. The molecule has 2 N–H and O–H groups in total. The Morgan fingerprint density at radius 3 is 2.41 bits per heavy atom. The molecule has 4 nitrogen and oxygen atoms in total. The van der Waals surface area contributed by atoms with E-state index in [9.17, 15) is 9.59 Å². The van der Waals surface area contributed by atoms with Gasteiger partial charge in [0, 0.05) is 12.0 Å². The van der Waals surface area contributed by atoms with Gasteiger partial charge in [-0.25, -0.2) is 0 Å². The highest BCUT2D eigenvalue weighted by Crippen LogP contribution is 2.18. The van der Waals surface area contributed by atoms with E-state index in [1.54, 1.807) is 18.2 Å². The monoisotopic (exact) mass is 304 g/mol. The molecule has 0 aliphatic rings. The number of hydrogen-bond acceptors (Lipinski definition) is 2. The maximum Gasteiger partial charge on any atom is 0.253 e. The Bertz CT molecular complexity index is 518. The third kappa shape index (κ3) is 6.29. The first-order valence-corrected chi connectivity index (χ1v) is 7.94. The molecule has 0 radical (unpaired) electrons. The van der Waals surface area contributed by atoms with E-state index >= 15 is 0 Å². The van der Waals surface area contributed by atoms with Crippen molar-refractivity contribution in [3.63, 3.8) is 0 Å². The fraction of sp³-hybridized carbons (Fsp3) is 0.556. The van der Waals surface area contributed by atoms with Gasteiger partial charge >= 0.3 is 0 Å². The average molecular weight is 304 g/mol. The van der Waals surface area contributed by atoms with Gasteiger partial charge in [-0.2, -0.15) is 0 Å². The predicted molar refractivity (Wildman–Crippen MR) is 91.0 cm³/mol. The summed E-state index contributed by atoms with van der Waals surface area (Å²) in [7, 11) is 0. The summed E-state index contributed by atoms with van der Waals surface area (Å²) in [6.07, 6.45) is 2.57. The number of carbonyl (C=O) groups excluding carboxylic acids is 2. The van der Waals surface area contributed by atoms with Crippen LogP contribution >= 0.6 is 0 Å². The Labute approximate surface area is 133 Å². The predicted octanol–water partition coefficient (Wildman–Crippen LogP) is 3.98. The molecule has 1 aromatic carbocycles. The van der Waals surface area contributed by atoms with Crippen LogP contribution in [0.2, 0.25) is 0 Å². The van der Waals surface area contributed by atoms with Crippen LogP contribution < -0.4 is 10.6 Å². The van der Waals surface area contributed by atoms with Crippen molar-refractivity contribution in [1.82, 2.24) is 5.32 Å². The highest BCUT2D eigenvalue weighted by molar-refractivity contribution is 6.04. The van der Waals surface area contributed by atoms with E-state index in [2.05, 4.69) is 24.5 Å². The summed E-state index contributed by atoms with van der Waals surface area (Å²) in [5, 5.41) is 5.79. The van der Waals surface area contributed by atoms with Crippen molar-refractivity contribution < 1.29 is 9.59 Å². The van der Waals surface area contributed by atoms with Crippen molar-refractivity contribution in [2.24, 2.45) is 5.92 Å². The van der Waals surface area contributed by atoms with Gasteiger partial charge < -0.3 is 10.6 Å². The molecule has 1 atom stereocenters. The lowest BCUT2D eigenvalue weighted by Gasteiger charge is -2.21. The molecule has 0 aliphatic carbocycles. The summed E-state index contributed by atoms with van der Waals surface area (Å²) in [6, 6.07) is 7.11. The van der Waals surface area contributed by atoms with Crippen LogP contribution in [-0.2, 0) is 4.79 Å². The third-order valence-electron chi connectivity index (χ3n) is 3.25. The minimum atomic E-state index is -0.316. The lowest BCUT2D eigenvalue weighted by Crippen LogP contribution is -2.40. The molecular formula is C18H28N2O2. The number of rotatable bonds is 6. The summed E-state index contributed by atoms with van der Waals surface area (Å²) in [5.41, 5.74) is 0.746. The number of nitrogens with one attached hydrogen (secondary N) is 2. The van der Waals surface area contributed by atoms with Gasteiger partial charge in [0.25, 0.3) is 5.91 Å². The maximum atomic E-state index is 12.3. The SMILES string of the molecule is CCCC(C)CC(=O)Nc1ccccc1C(=O)NC(C)(C)C. The molecule has 0 fully saturated rings. The molecule has 0 saturated heterocycles. The Kier molecular flexibility index (Phi) is 6.60. The fourth-order valence-electron chi connectivity index (χ4n) is 2.31. The van der Waals surface area contributed by atoms with Crippen LogP contribution in [0.5, 0.6) is 0 Å². The first kappa shape index (κ1) is 18.2. The molecule has 0 heterocycles. The Morgan fingerprint density at radius 1 is 1.18 bits per heavy atom. The Hall–Kier alpha value is -1.84. The largest absolute Gasteiger partial charge is 0.347 e. The lowest BCUT2D eigenvalue weighted by atomic mass is 10.0. The number of carbonyl (C=O) groups is 2. The summed E-state index contributed by atoms with van der Waals surface area (Å²) in [6.45, 7) is 9.97. The second-order valence-corrected chi connectivity index (χ2v) is 6.90. The normalized spacial score (nSPS) is 12.6. The van der Waals surface area contributed by atoms with E-state index in [1.807, 2.05) is 26.8 Å². The van der Waals surface area contributed by atoms with E-state index in [0.717, 1.165) is 12.8 Å². The minimum Gasteiger partial charge on any atom is -0.347 e. The van der Waals surface area contributed by atoms with Crippen molar-refractivity contribution in [2.75, 3.05) is 5.32 Å². The highest BCUT2D eigenvalue weighted by Gasteiger charge is 2.19. The summed E-state index contributed by atoms with van der Waals surface area (Å²) >= 11 is 0. The molecule has 1 aromatic rings. The van der Waals surface area contributed by atoms with Gasteiger partial charge in [-0.3, -0.25) is 9.59 Å². The zero-order valence-electron chi connectivity index (χ0n) is 14.3. The molecule has 0 bridgehead atoms. The Balaban J connectivity index is 2.79. The molecule has 0 spiro atoms. The van der Waals surface area contributed by atoms with Crippen LogP contribution in [-0.4, -0.2) is 17.4 Å². The molecule has 122 valence electrons. The highest BCUT2D eigenvalue weighted by atomic mass is 16.2. The standard InChI is InChI=1S/C18H28N2O2/c1-6-9-13(2)12-16(21)19-15-11-8-7-10-14(15)17(22)20-18(3,4)5/h7-8,10-11,13H,6,9,12H2,1-5H3,(H,19,21)(H,20,22). The summed E-state index contributed by atoms with van der Waals surface area (Å²) in [4.78, 5) is 24.4. The molecule has 2 amide bonds. The first-order valence-electron chi connectivity index (χ1n) is 7.94. The van der Waals surface area contributed by atoms with Gasteiger partial charge in [0.05, 0.1) is 11.3 Å². The Morgan fingerprint density at radius 2 is 1.82 bits per heavy atom. The minimum absolute atomic E-state index is 0.0445. The van der Waals surface area contributed by atoms with Crippen molar-refractivity contribution in [3.05, 3.63) is 29.8 Å². The van der Waals surface area contributed by atoms with Crippen molar-refractivity contribution in [2.45, 2.75) is 59.4 Å². The van der Waals surface area contributed by atoms with Gasteiger partial charge in [-0.15, -0.1) is 0 Å². The van der Waals surface area contributed by atoms with Crippen molar-refractivity contribution in [1.29, 1.82) is 0 Å². The van der Waals surface area contributed by atoms with Crippen LogP contribution in [0.4, 0.5) is 5.69 Å². The zero-order valence-corrected chi connectivity index (χ0v) is 14.3. The molecule has 0 aromatic heterocycles. The molecular weight excluding hydrogens is 276 g/mol. The quantitative estimate of drug-likeness (QED) is 0.835. The number of para-hydroxylation sites is 1.